The molecule has 0 saturated heterocycles. The van der Waals surface area contributed by atoms with Crippen LogP contribution in [-0.4, -0.2) is 5.75 Å². The fourth-order valence-corrected chi connectivity index (χ4v) is 3.41. The Morgan fingerprint density at radius 2 is 2.31 bits per heavy atom. The van der Waals surface area contributed by atoms with Crippen molar-refractivity contribution in [2.75, 3.05) is 5.75 Å². The molecule has 0 spiro atoms. The molecule has 1 aromatic carbocycles. The molecule has 0 radical (unpaired) electrons. The third kappa shape index (κ3) is 1.92. The molecule has 70 valence electrons. The monoisotopic (exact) mass is 257 g/mol. The first-order chi connectivity index (χ1) is 6.29. The summed E-state index contributed by atoms with van der Waals surface area (Å²) in [7, 11) is 0. The Kier molecular flexibility index (Phi) is 2.96. The lowest BCUT2D eigenvalue weighted by Gasteiger charge is -2.12. The maximum Gasteiger partial charge on any atom is 0.0306 e. The summed E-state index contributed by atoms with van der Waals surface area (Å²) in [6.07, 6.45) is 1.09. The Balaban J connectivity index is 2.47. The van der Waals surface area contributed by atoms with Gasteiger partial charge in [-0.25, -0.2) is 0 Å². The van der Waals surface area contributed by atoms with Gasteiger partial charge in [-0.15, -0.1) is 0 Å². The maximum atomic E-state index is 6.08. The molecule has 0 amide bonds. The van der Waals surface area contributed by atoms with Crippen molar-refractivity contribution in [3.05, 3.63) is 33.8 Å². The summed E-state index contributed by atoms with van der Waals surface area (Å²) in [5.74, 6) is 2.26. The molecule has 1 nitrogen and oxygen atoms in total. The van der Waals surface area contributed by atoms with Gasteiger partial charge in [-0.1, -0.05) is 28.1 Å². The fraction of sp³-hybridized carbons (Fsp3) is 0.400. The van der Waals surface area contributed by atoms with E-state index >= 15 is 0 Å². The lowest BCUT2D eigenvalue weighted by atomic mass is 10.0. The van der Waals surface area contributed by atoms with Crippen molar-refractivity contribution in [3.8, 4) is 0 Å². The average Bonchev–Trinajstić information content (AvgIpc) is 2.30. The number of rotatable bonds is 0. The van der Waals surface area contributed by atoms with E-state index in [1.165, 1.54) is 21.4 Å². The molecule has 1 aliphatic heterocycles. The molecule has 1 aromatic rings. The van der Waals surface area contributed by atoms with Crippen molar-refractivity contribution in [1.29, 1.82) is 0 Å². The summed E-state index contributed by atoms with van der Waals surface area (Å²) in [6, 6.07) is 6.54. The van der Waals surface area contributed by atoms with Gasteiger partial charge in [0.1, 0.15) is 0 Å². The highest BCUT2D eigenvalue weighted by molar-refractivity contribution is 9.10. The zero-order valence-corrected chi connectivity index (χ0v) is 9.70. The third-order valence-corrected chi connectivity index (χ3v) is 4.13. The SMILES string of the molecule is N[C@@H]1CCSCc2c(Br)cccc21. The maximum absolute atomic E-state index is 6.08. The summed E-state index contributed by atoms with van der Waals surface area (Å²) < 4.78 is 1.20. The number of fused-ring (bicyclic) bond motifs is 1. The Morgan fingerprint density at radius 3 is 3.15 bits per heavy atom. The number of nitrogens with two attached hydrogens (primary N) is 1. The summed E-state index contributed by atoms with van der Waals surface area (Å²) in [4.78, 5) is 0. The van der Waals surface area contributed by atoms with Gasteiger partial charge in [-0.05, 0) is 29.4 Å². The zero-order valence-electron chi connectivity index (χ0n) is 7.29. The Morgan fingerprint density at radius 1 is 1.46 bits per heavy atom. The van der Waals surface area contributed by atoms with E-state index in [9.17, 15) is 0 Å². The summed E-state index contributed by atoms with van der Waals surface area (Å²) in [5, 5.41) is 0. The second kappa shape index (κ2) is 4.03. The van der Waals surface area contributed by atoms with Crippen molar-refractivity contribution in [3.63, 3.8) is 0 Å². The largest absolute Gasteiger partial charge is 0.324 e. The number of hydrogen-bond acceptors (Lipinski definition) is 2. The first kappa shape index (κ1) is 9.56. The Hall–Kier alpha value is 0.0100. The summed E-state index contributed by atoms with van der Waals surface area (Å²) in [6.45, 7) is 0. The van der Waals surface area contributed by atoms with Crippen LogP contribution in [0.3, 0.4) is 0 Å². The van der Waals surface area contributed by atoms with Crippen molar-refractivity contribution < 1.29 is 0 Å². The first-order valence-electron chi connectivity index (χ1n) is 4.39. The van der Waals surface area contributed by atoms with E-state index in [-0.39, 0.29) is 6.04 Å². The van der Waals surface area contributed by atoms with Gasteiger partial charge in [-0.3, -0.25) is 0 Å². The molecule has 1 heterocycles. The predicted molar refractivity (Wildman–Crippen MR) is 61.8 cm³/mol. The minimum Gasteiger partial charge on any atom is -0.324 e. The van der Waals surface area contributed by atoms with Gasteiger partial charge >= 0.3 is 0 Å². The van der Waals surface area contributed by atoms with Gasteiger partial charge in [0, 0.05) is 16.3 Å². The summed E-state index contributed by atoms with van der Waals surface area (Å²) in [5.41, 5.74) is 8.79. The van der Waals surface area contributed by atoms with Crippen LogP contribution < -0.4 is 5.73 Å². The lowest BCUT2D eigenvalue weighted by Crippen LogP contribution is -2.11. The standard InChI is InChI=1S/C10H12BrNS/c11-9-3-1-2-7-8(9)6-13-5-4-10(7)12/h1-3,10H,4-6,12H2/t10-/m1/s1. The van der Waals surface area contributed by atoms with Crippen LogP contribution >= 0.6 is 27.7 Å². The Labute approximate surface area is 91.2 Å². The minimum atomic E-state index is 0.225. The Bertz CT molecular complexity index is 314. The zero-order chi connectivity index (χ0) is 9.26. The predicted octanol–water partition coefficient (Wildman–Crippen LogP) is 3.09. The van der Waals surface area contributed by atoms with Crippen LogP contribution in [0.1, 0.15) is 23.6 Å². The van der Waals surface area contributed by atoms with Crippen LogP contribution in [0.25, 0.3) is 0 Å². The highest BCUT2D eigenvalue weighted by Gasteiger charge is 2.16. The van der Waals surface area contributed by atoms with Gasteiger partial charge in [-0.2, -0.15) is 11.8 Å². The number of thioether (sulfide) groups is 1. The van der Waals surface area contributed by atoms with Gasteiger partial charge in [0.05, 0.1) is 0 Å². The molecular formula is C10H12BrNS. The number of hydrogen-bond donors (Lipinski definition) is 1. The van der Waals surface area contributed by atoms with Crippen molar-refractivity contribution in [2.45, 2.75) is 18.2 Å². The van der Waals surface area contributed by atoms with Gasteiger partial charge in [0.2, 0.25) is 0 Å². The molecule has 2 rings (SSSR count). The topological polar surface area (TPSA) is 26.0 Å². The molecule has 1 aliphatic rings. The normalized spacial score (nSPS) is 22.2. The van der Waals surface area contributed by atoms with Crippen LogP contribution in [0.4, 0.5) is 0 Å². The highest BCUT2D eigenvalue weighted by Crippen LogP contribution is 2.33. The minimum absolute atomic E-state index is 0.225. The van der Waals surface area contributed by atoms with Crippen LogP contribution in [0.2, 0.25) is 0 Å². The average molecular weight is 258 g/mol. The lowest BCUT2D eigenvalue weighted by molar-refractivity contribution is 0.705. The van der Waals surface area contributed by atoms with Gasteiger partial charge < -0.3 is 5.73 Å². The van der Waals surface area contributed by atoms with E-state index in [2.05, 4.69) is 34.1 Å². The van der Waals surface area contributed by atoms with E-state index in [1.54, 1.807) is 0 Å². The first-order valence-corrected chi connectivity index (χ1v) is 6.34. The van der Waals surface area contributed by atoms with E-state index in [1.807, 2.05) is 11.8 Å². The molecule has 0 unspecified atom stereocenters. The smallest absolute Gasteiger partial charge is 0.0306 e. The molecule has 1 atom stereocenters. The van der Waals surface area contributed by atoms with Crippen LogP contribution in [-0.2, 0) is 5.75 Å². The highest BCUT2D eigenvalue weighted by atomic mass is 79.9. The van der Waals surface area contributed by atoms with E-state index in [4.69, 9.17) is 5.73 Å². The summed E-state index contributed by atoms with van der Waals surface area (Å²) >= 11 is 5.54. The molecule has 0 bridgehead atoms. The molecule has 13 heavy (non-hydrogen) atoms. The van der Waals surface area contributed by atoms with Gasteiger partial charge in [0.15, 0.2) is 0 Å². The molecule has 0 aromatic heterocycles. The molecular weight excluding hydrogens is 246 g/mol. The number of benzene rings is 1. The van der Waals surface area contributed by atoms with E-state index in [0.29, 0.717) is 0 Å². The van der Waals surface area contributed by atoms with E-state index in [0.717, 1.165) is 12.2 Å². The van der Waals surface area contributed by atoms with Crippen LogP contribution in [0.5, 0.6) is 0 Å². The molecule has 0 saturated carbocycles. The second-order valence-electron chi connectivity index (χ2n) is 3.26. The molecule has 2 N–H and O–H groups in total. The quantitative estimate of drug-likeness (QED) is 0.773. The van der Waals surface area contributed by atoms with Crippen molar-refractivity contribution in [1.82, 2.24) is 0 Å². The molecule has 3 heteroatoms. The van der Waals surface area contributed by atoms with Crippen molar-refractivity contribution >= 4 is 27.7 Å². The van der Waals surface area contributed by atoms with Crippen LogP contribution in [0.15, 0.2) is 22.7 Å². The van der Waals surface area contributed by atoms with E-state index < -0.39 is 0 Å². The third-order valence-electron chi connectivity index (χ3n) is 2.37. The second-order valence-corrected chi connectivity index (χ2v) is 5.21. The molecule has 0 aliphatic carbocycles. The van der Waals surface area contributed by atoms with Crippen LogP contribution in [0, 0.1) is 0 Å². The van der Waals surface area contributed by atoms with Gasteiger partial charge in [0.25, 0.3) is 0 Å². The number of halogens is 1. The fourth-order valence-electron chi connectivity index (χ4n) is 1.62. The van der Waals surface area contributed by atoms with Crippen molar-refractivity contribution in [2.24, 2.45) is 5.73 Å². The molecule has 0 fully saturated rings.